The van der Waals surface area contributed by atoms with Crippen molar-refractivity contribution in [1.29, 1.82) is 0 Å². The van der Waals surface area contributed by atoms with Crippen molar-refractivity contribution in [3.05, 3.63) is 35.4 Å². The fraction of sp³-hybridized carbons (Fsp3) is 0.500. The summed E-state index contributed by atoms with van der Waals surface area (Å²) in [7, 11) is -2.29. The van der Waals surface area contributed by atoms with Crippen LogP contribution < -0.4 is 4.72 Å². The Kier molecular flexibility index (Phi) is 6.80. The van der Waals surface area contributed by atoms with E-state index >= 15 is 0 Å². The molecular weight excluding hydrogens is 294 g/mol. The van der Waals surface area contributed by atoms with Crippen LogP contribution in [0.5, 0.6) is 0 Å². The summed E-state index contributed by atoms with van der Waals surface area (Å²) >= 11 is 0. The number of aliphatic hydroxyl groups is 1. The predicted molar refractivity (Wildman–Crippen MR) is 79.3 cm³/mol. The molecule has 118 valence electrons. The van der Waals surface area contributed by atoms with Crippen molar-refractivity contribution in [2.24, 2.45) is 0 Å². The average Bonchev–Trinajstić information content (AvgIpc) is 2.44. The zero-order valence-corrected chi connectivity index (χ0v) is 13.0. The van der Waals surface area contributed by atoms with Gasteiger partial charge in [-0.25, -0.2) is 17.9 Å². The van der Waals surface area contributed by atoms with Gasteiger partial charge in [-0.3, -0.25) is 0 Å². The zero-order valence-electron chi connectivity index (χ0n) is 12.2. The smallest absolute Gasteiger partial charge is 0.337 e. The molecule has 0 fully saturated rings. The van der Waals surface area contributed by atoms with E-state index in [2.05, 4.69) is 9.46 Å². The maximum Gasteiger partial charge on any atom is 0.337 e. The van der Waals surface area contributed by atoms with E-state index in [1.54, 1.807) is 18.2 Å². The monoisotopic (exact) mass is 315 g/mol. The molecule has 0 amide bonds. The Balaban J connectivity index is 2.69. The van der Waals surface area contributed by atoms with Crippen LogP contribution >= 0.6 is 0 Å². The molecule has 1 aromatic carbocycles. The summed E-state index contributed by atoms with van der Waals surface area (Å²) in [6.45, 7) is 1.91. The van der Waals surface area contributed by atoms with Gasteiger partial charge in [-0.05, 0) is 24.1 Å². The van der Waals surface area contributed by atoms with Crippen molar-refractivity contribution in [2.75, 3.05) is 13.7 Å². The summed E-state index contributed by atoms with van der Waals surface area (Å²) in [6.07, 6.45) is 0.635. The maximum atomic E-state index is 11.9. The molecule has 0 spiro atoms. The first-order valence-corrected chi connectivity index (χ1v) is 8.36. The average molecular weight is 315 g/mol. The quantitative estimate of drug-likeness (QED) is 0.700. The Morgan fingerprint density at radius 1 is 1.43 bits per heavy atom. The van der Waals surface area contributed by atoms with Crippen LogP contribution in [0, 0.1) is 0 Å². The number of hydrogen-bond donors (Lipinski definition) is 2. The Morgan fingerprint density at radius 2 is 2.14 bits per heavy atom. The van der Waals surface area contributed by atoms with Crippen molar-refractivity contribution < 1.29 is 23.1 Å². The predicted octanol–water partition coefficient (Wildman–Crippen LogP) is 1.05. The number of aliphatic hydroxyl groups excluding tert-OH is 1. The van der Waals surface area contributed by atoms with Crippen molar-refractivity contribution in [3.63, 3.8) is 0 Å². The van der Waals surface area contributed by atoms with Gasteiger partial charge >= 0.3 is 5.97 Å². The van der Waals surface area contributed by atoms with Crippen LogP contribution in [0.15, 0.2) is 24.3 Å². The van der Waals surface area contributed by atoms with Gasteiger partial charge in [0.25, 0.3) is 0 Å². The molecule has 0 aliphatic rings. The number of nitrogens with one attached hydrogen (secondary N) is 1. The standard InChI is InChI=1S/C14H21NO5S/c1-3-5-13(16)9-15-21(18,19)10-11-6-4-7-12(8-11)14(17)20-2/h4,6-8,13,15-16H,3,5,9-10H2,1-2H3. The minimum absolute atomic E-state index is 0.00708. The Bertz CT molecular complexity index is 570. The number of benzene rings is 1. The first-order chi connectivity index (χ1) is 9.88. The maximum absolute atomic E-state index is 11.9. The van der Waals surface area contributed by atoms with E-state index < -0.39 is 22.1 Å². The summed E-state index contributed by atoms with van der Waals surface area (Å²) in [5.41, 5.74) is 0.784. The van der Waals surface area contributed by atoms with E-state index in [-0.39, 0.29) is 12.3 Å². The minimum atomic E-state index is -3.56. The topological polar surface area (TPSA) is 92.7 Å². The lowest BCUT2D eigenvalue weighted by atomic mass is 10.1. The van der Waals surface area contributed by atoms with Gasteiger partial charge in [0.1, 0.15) is 0 Å². The molecule has 0 saturated carbocycles. The zero-order chi connectivity index (χ0) is 15.9. The normalized spacial score (nSPS) is 12.9. The second kappa shape index (κ2) is 8.11. The van der Waals surface area contributed by atoms with Crippen molar-refractivity contribution in [3.8, 4) is 0 Å². The second-order valence-electron chi connectivity index (χ2n) is 4.74. The van der Waals surface area contributed by atoms with E-state index in [1.165, 1.54) is 13.2 Å². The van der Waals surface area contributed by atoms with E-state index in [1.807, 2.05) is 6.92 Å². The third-order valence-corrected chi connectivity index (χ3v) is 4.19. The molecule has 0 aliphatic carbocycles. The Hall–Kier alpha value is -1.44. The molecule has 1 atom stereocenters. The highest BCUT2D eigenvalue weighted by Crippen LogP contribution is 2.10. The number of sulfonamides is 1. The molecule has 6 nitrogen and oxygen atoms in total. The van der Waals surface area contributed by atoms with Gasteiger partial charge in [-0.2, -0.15) is 0 Å². The lowest BCUT2D eigenvalue weighted by Gasteiger charge is -2.11. The highest BCUT2D eigenvalue weighted by atomic mass is 32.2. The molecule has 21 heavy (non-hydrogen) atoms. The molecule has 7 heteroatoms. The van der Waals surface area contributed by atoms with Gasteiger partial charge < -0.3 is 9.84 Å². The number of ether oxygens (including phenoxy) is 1. The van der Waals surface area contributed by atoms with E-state index in [0.717, 1.165) is 6.42 Å². The first kappa shape index (κ1) is 17.6. The highest BCUT2D eigenvalue weighted by molar-refractivity contribution is 7.88. The van der Waals surface area contributed by atoms with Gasteiger partial charge in [0.05, 0.1) is 24.5 Å². The summed E-state index contributed by atoms with van der Waals surface area (Å²) in [5.74, 6) is -0.767. The highest BCUT2D eigenvalue weighted by Gasteiger charge is 2.15. The van der Waals surface area contributed by atoms with Crippen LogP contribution in [-0.2, 0) is 20.5 Å². The third-order valence-electron chi connectivity index (χ3n) is 2.87. The van der Waals surface area contributed by atoms with Gasteiger partial charge in [0.15, 0.2) is 0 Å². The van der Waals surface area contributed by atoms with E-state index in [9.17, 15) is 18.3 Å². The number of esters is 1. The summed E-state index contributed by atoms with van der Waals surface area (Å²) in [6, 6.07) is 6.26. The molecule has 0 aliphatic heterocycles. The van der Waals surface area contributed by atoms with Crippen LogP contribution in [0.25, 0.3) is 0 Å². The van der Waals surface area contributed by atoms with E-state index in [4.69, 9.17) is 0 Å². The number of carbonyl (C=O) groups is 1. The SMILES string of the molecule is CCCC(O)CNS(=O)(=O)Cc1cccc(C(=O)OC)c1. The molecular formula is C14H21NO5S. The molecule has 0 aromatic heterocycles. The minimum Gasteiger partial charge on any atom is -0.465 e. The largest absolute Gasteiger partial charge is 0.465 e. The molecule has 0 bridgehead atoms. The van der Waals surface area contributed by atoms with Crippen molar-refractivity contribution in [1.82, 2.24) is 4.72 Å². The van der Waals surface area contributed by atoms with Gasteiger partial charge in [0.2, 0.25) is 10.0 Å². The molecule has 2 N–H and O–H groups in total. The molecule has 1 unspecified atom stereocenters. The molecule has 0 radical (unpaired) electrons. The van der Waals surface area contributed by atoms with E-state index in [0.29, 0.717) is 17.5 Å². The fourth-order valence-corrected chi connectivity index (χ4v) is 3.00. The van der Waals surface area contributed by atoms with Gasteiger partial charge in [-0.1, -0.05) is 25.5 Å². The molecule has 0 saturated heterocycles. The number of hydrogen-bond acceptors (Lipinski definition) is 5. The van der Waals surface area contributed by atoms with Crippen molar-refractivity contribution >= 4 is 16.0 Å². The summed E-state index contributed by atoms with van der Waals surface area (Å²) < 4.78 is 30.8. The number of methoxy groups -OCH3 is 1. The number of rotatable bonds is 8. The third kappa shape index (κ3) is 6.24. The summed E-state index contributed by atoms with van der Waals surface area (Å²) in [4.78, 5) is 11.4. The number of carbonyl (C=O) groups excluding carboxylic acids is 1. The Morgan fingerprint density at radius 3 is 2.76 bits per heavy atom. The van der Waals surface area contributed by atoms with Gasteiger partial charge in [-0.15, -0.1) is 0 Å². The van der Waals surface area contributed by atoms with Crippen LogP contribution in [-0.4, -0.2) is 39.3 Å². The van der Waals surface area contributed by atoms with Crippen LogP contribution in [0.3, 0.4) is 0 Å². The molecule has 0 heterocycles. The van der Waals surface area contributed by atoms with Crippen LogP contribution in [0.1, 0.15) is 35.7 Å². The molecule has 1 rings (SSSR count). The second-order valence-corrected chi connectivity index (χ2v) is 6.55. The van der Waals surface area contributed by atoms with Gasteiger partial charge in [0, 0.05) is 6.54 Å². The Labute approximate surface area is 125 Å². The summed E-state index contributed by atoms with van der Waals surface area (Å²) in [5, 5.41) is 9.54. The van der Waals surface area contributed by atoms with Crippen LogP contribution in [0.4, 0.5) is 0 Å². The van der Waals surface area contributed by atoms with Crippen LogP contribution in [0.2, 0.25) is 0 Å². The first-order valence-electron chi connectivity index (χ1n) is 6.70. The molecule has 1 aromatic rings. The van der Waals surface area contributed by atoms with Crippen molar-refractivity contribution in [2.45, 2.75) is 31.6 Å². The fourth-order valence-electron chi connectivity index (χ4n) is 1.83. The lowest BCUT2D eigenvalue weighted by molar-refractivity contribution is 0.0600. The lowest BCUT2D eigenvalue weighted by Crippen LogP contribution is -2.32.